The first kappa shape index (κ1) is 16.8. The topological polar surface area (TPSA) is 60.4 Å². The highest BCUT2D eigenvalue weighted by Crippen LogP contribution is 2.08. The lowest BCUT2D eigenvalue weighted by molar-refractivity contribution is -0.143. The van der Waals surface area contributed by atoms with Crippen molar-refractivity contribution >= 4 is 27.6 Å². The summed E-state index contributed by atoms with van der Waals surface area (Å²) in [6.45, 7) is 2.25. The van der Waals surface area contributed by atoms with Crippen LogP contribution in [0.5, 0.6) is 0 Å². The minimum Gasteiger partial charge on any atom is -0.466 e. The van der Waals surface area contributed by atoms with Crippen molar-refractivity contribution in [1.82, 2.24) is 0 Å². The molecule has 0 aromatic heterocycles. The number of esters is 1. The van der Waals surface area contributed by atoms with E-state index in [-0.39, 0.29) is 11.7 Å². The highest BCUT2D eigenvalue weighted by Gasteiger charge is 2.02. The zero-order valence-corrected chi connectivity index (χ0v) is 12.2. The molecule has 0 unspecified atom stereocenters. The predicted octanol–water partition coefficient (Wildman–Crippen LogP) is 1.89. The van der Waals surface area contributed by atoms with Gasteiger partial charge in [0.05, 0.1) is 12.4 Å². The number of hydrogen-bond donors (Lipinski definition) is 0. The van der Waals surface area contributed by atoms with Crippen molar-refractivity contribution in [3.8, 4) is 0 Å². The van der Waals surface area contributed by atoms with Crippen LogP contribution in [0.1, 0.15) is 32.6 Å². The van der Waals surface area contributed by atoms with Crippen molar-refractivity contribution < 1.29 is 17.9 Å². The van der Waals surface area contributed by atoms with Gasteiger partial charge in [-0.2, -0.15) is 11.8 Å². The van der Waals surface area contributed by atoms with E-state index in [2.05, 4.69) is 0 Å². The number of rotatable bonds is 10. The van der Waals surface area contributed by atoms with Gasteiger partial charge < -0.3 is 4.74 Å². The smallest absolute Gasteiger partial charge is 0.305 e. The molecule has 0 saturated carbocycles. The Morgan fingerprint density at radius 1 is 1.18 bits per heavy atom. The molecule has 0 aliphatic heterocycles. The van der Waals surface area contributed by atoms with E-state index in [1.54, 1.807) is 18.7 Å². The van der Waals surface area contributed by atoms with E-state index >= 15 is 0 Å². The molecule has 0 aliphatic rings. The summed E-state index contributed by atoms with van der Waals surface area (Å²) in [4.78, 5) is 11.0. The summed E-state index contributed by atoms with van der Waals surface area (Å²) in [6.07, 6.45) is 4.61. The summed E-state index contributed by atoms with van der Waals surface area (Å²) in [5.41, 5.74) is 0. The van der Waals surface area contributed by atoms with Crippen molar-refractivity contribution in [1.29, 1.82) is 0 Å². The van der Waals surface area contributed by atoms with Crippen molar-refractivity contribution in [2.24, 2.45) is 0 Å². The van der Waals surface area contributed by atoms with Crippen LogP contribution in [0.3, 0.4) is 0 Å². The fourth-order valence-electron chi connectivity index (χ4n) is 1.20. The van der Waals surface area contributed by atoms with Gasteiger partial charge in [0.2, 0.25) is 0 Å². The Morgan fingerprint density at radius 3 is 2.47 bits per heavy atom. The number of sulfone groups is 1. The number of ether oxygens (including phenoxy) is 1. The second-order valence-electron chi connectivity index (χ2n) is 3.86. The lowest BCUT2D eigenvalue weighted by Crippen LogP contribution is -2.05. The lowest BCUT2D eigenvalue weighted by atomic mass is 10.2. The van der Waals surface area contributed by atoms with Gasteiger partial charge in [-0.1, -0.05) is 6.42 Å². The number of thioether (sulfide) groups is 1. The highest BCUT2D eigenvalue weighted by molar-refractivity contribution is 8.00. The summed E-state index contributed by atoms with van der Waals surface area (Å²) < 4.78 is 26.5. The Labute approximate surface area is 108 Å². The summed E-state index contributed by atoms with van der Waals surface area (Å²) in [6, 6.07) is 0. The minimum absolute atomic E-state index is 0.128. The second-order valence-corrected chi connectivity index (χ2v) is 7.34. The Bertz CT molecular complexity index is 299. The fraction of sp³-hybridized carbons (Fsp3) is 0.909. The van der Waals surface area contributed by atoms with E-state index in [0.29, 0.717) is 18.8 Å². The van der Waals surface area contributed by atoms with Gasteiger partial charge in [0.1, 0.15) is 9.84 Å². The molecule has 17 heavy (non-hydrogen) atoms. The SMILES string of the molecule is CCOC(=O)CCCCCSCCS(C)(=O)=O. The van der Waals surface area contributed by atoms with Gasteiger partial charge in [-0.25, -0.2) is 8.42 Å². The van der Waals surface area contributed by atoms with E-state index in [0.717, 1.165) is 25.0 Å². The third-order valence-electron chi connectivity index (χ3n) is 2.07. The second kappa shape index (κ2) is 9.76. The lowest BCUT2D eigenvalue weighted by Gasteiger charge is -2.02. The zero-order chi connectivity index (χ0) is 13.1. The molecule has 0 aliphatic carbocycles. The zero-order valence-electron chi connectivity index (χ0n) is 10.6. The maximum atomic E-state index is 11.0. The molecule has 0 atom stereocenters. The van der Waals surface area contributed by atoms with Gasteiger partial charge in [0, 0.05) is 18.4 Å². The van der Waals surface area contributed by atoms with Crippen LogP contribution >= 0.6 is 11.8 Å². The number of hydrogen-bond acceptors (Lipinski definition) is 5. The van der Waals surface area contributed by atoms with Gasteiger partial charge in [-0.15, -0.1) is 0 Å². The van der Waals surface area contributed by atoms with Crippen LogP contribution in [0.2, 0.25) is 0 Å². The van der Waals surface area contributed by atoms with Crippen LogP contribution in [0, 0.1) is 0 Å². The Kier molecular flexibility index (Phi) is 9.63. The minimum atomic E-state index is -2.82. The summed E-state index contributed by atoms with van der Waals surface area (Å²) in [5, 5.41) is 0. The van der Waals surface area contributed by atoms with Crippen molar-refractivity contribution in [3.05, 3.63) is 0 Å². The van der Waals surface area contributed by atoms with Gasteiger partial charge in [0.15, 0.2) is 0 Å². The number of unbranched alkanes of at least 4 members (excludes halogenated alkanes) is 2. The predicted molar refractivity (Wildman–Crippen MR) is 72.1 cm³/mol. The third kappa shape index (κ3) is 13.7. The maximum absolute atomic E-state index is 11.0. The average molecular weight is 282 g/mol. The van der Waals surface area contributed by atoms with Crippen LogP contribution < -0.4 is 0 Å². The average Bonchev–Trinajstić information content (AvgIpc) is 2.21. The van der Waals surface area contributed by atoms with Crippen molar-refractivity contribution in [3.63, 3.8) is 0 Å². The van der Waals surface area contributed by atoms with E-state index in [4.69, 9.17) is 4.74 Å². The van der Waals surface area contributed by atoms with Crippen LogP contribution in [0.4, 0.5) is 0 Å². The molecule has 6 heteroatoms. The van der Waals surface area contributed by atoms with Crippen LogP contribution in [-0.4, -0.2) is 44.5 Å². The molecule has 0 saturated heterocycles. The molecule has 0 heterocycles. The molecule has 0 radical (unpaired) electrons. The first-order chi connectivity index (χ1) is 7.95. The van der Waals surface area contributed by atoms with Gasteiger partial charge in [0.25, 0.3) is 0 Å². The maximum Gasteiger partial charge on any atom is 0.305 e. The normalized spacial score (nSPS) is 11.4. The first-order valence-corrected chi connectivity index (χ1v) is 9.08. The summed E-state index contributed by atoms with van der Waals surface area (Å²) in [5.74, 6) is 1.74. The Morgan fingerprint density at radius 2 is 1.88 bits per heavy atom. The van der Waals surface area contributed by atoms with Gasteiger partial charge >= 0.3 is 5.97 Å². The van der Waals surface area contributed by atoms with Crippen molar-refractivity contribution in [2.45, 2.75) is 32.6 Å². The standard InChI is InChI=1S/C11H22O4S2/c1-3-15-11(12)7-5-4-6-8-16-9-10-17(2,13)14/h3-10H2,1-2H3. The molecule has 0 aromatic carbocycles. The molecule has 102 valence electrons. The summed E-state index contributed by atoms with van der Waals surface area (Å²) in [7, 11) is -2.82. The highest BCUT2D eigenvalue weighted by atomic mass is 32.2. The molecular weight excluding hydrogens is 260 g/mol. The fourth-order valence-corrected chi connectivity index (χ4v) is 3.49. The molecule has 0 amide bonds. The molecule has 0 aromatic rings. The number of carbonyl (C=O) groups is 1. The molecule has 0 N–H and O–H groups in total. The Balaban J connectivity index is 3.22. The van der Waals surface area contributed by atoms with E-state index in [9.17, 15) is 13.2 Å². The molecule has 0 rings (SSSR count). The third-order valence-corrected chi connectivity index (χ3v) is 4.35. The monoisotopic (exact) mass is 282 g/mol. The Hall–Kier alpha value is -0.230. The number of carbonyl (C=O) groups excluding carboxylic acids is 1. The van der Waals surface area contributed by atoms with Gasteiger partial charge in [-0.3, -0.25) is 4.79 Å². The van der Waals surface area contributed by atoms with Gasteiger partial charge in [-0.05, 0) is 25.5 Å². The van der Waals surface area contributed by atoms with Crippen LogP contribution in [0.25, 0.3) is 0 Å². The summed E-state index contributed by atoms with van der Waals surface area (Å²) >= 11 is 1.65. The quantitative estimate of drug-likeness (QED) is 0.452. The van der Waals surface area contributed by atoms with E-state index in [1.807, 2.05) is 0 Å². The molecule has 0 fully saturated rings. The van der Waals surface area contributed by atoms with E-state index < -0.39 is 9.84 Å². The van der Waals surface area contributed by atoms with Crippen LogP contribution in [0.15, 0.2) is 0 Å². The van der Waals surface area contributed by atoms with E-state index in [1.165, 1.54) is 6.26 Å². The molecular formula is C11H22O4S2. The largest absolute Gasteiger partial charge is 0.466 e. The van der Waals surface area contributed by atoms with Crippen molar-refractivity contribution in [2.75, 3.05) is 30.1 Å². The molecule has 0 bridgehead atoms. The molecule has 4 nitrogen and oxygen atoms in total. The molecule has 0 spiro atoms. The first-order valence-electron chi connectivity index (χ1n) is 5.87. The van der Waals surface area contributed by atoms with Crippen LogP contribution in [-0.2, 0) is 19.4 Å².